The summed E-state index contributed by atoms with van der Waals surface area (Å²) in [5, 5.41) is 0. The van der Waals surface area contributed by atoms with Crippen LogP contribution in [0.3, 0.4) is 0 Å². The molecule has 2 aromatic heterocycles. The van der Waals surface area contributed by atoms with Gasteiger partial charge in [-0.05, 0) is 31.2 Å². The van der Waals surface area contributed by atoms with E-state index in [0.29, 0.717) is 11.6 Å². The molecule has 8 nitrogen and oxygen atoms in total. The van der Waals surface area contributed by atoms with Gasteiger partial charge in [0.25, 0.3) is 5.91 Å². The van der Waals surface area contributed by atoms with Gasteiger partial charge in [0.05, 0.1) is 5.56 Å². The monoisotopic (exact) mass is 423 g/mol. The summed E-state index contributed by atoms with van der Waals surface area (Å²) in [7, 11) is 5.05. The van der Waals surface area contributed by atoms with Crippen molar-refractivity contribution in [3.05, 3.63) is 41.6 Å². The number of cyclic esters (lactones) is 1. The molecule has 1 saturated heterocycles. The van der Waals surface area contributed by atoms with Crippen LogP contribution in [0.25, 0.3) is 0 Å². The minimum absolute atomic E-state index is 0.0550. The number of carbonyl (C=O) groups is 2. The first-order chi connectivity index (χ1) is 14.0. The van der Waals surface area contributed by atoms with Crippen LogP contribution in [-0.4, -0.2) is 55.8 Å². The molecule has 0 saturated carbocycles. The van der Waals surface area contributed by atoms with Crippen molar-refractivity contribution in [3.63, 3.8) is 0 Å². The first-order valence-electron chi connectivity index (χ1n) is 8.93. The molecule has 3 rings (SSSR count). The zero-order valence-electron chi connectivity index (χ0n) is 16.8. The summed E-state index contributed by atoms with van der Waals surface area (Å²) in [6, 6.07) is 5.50. The van der Waals surface area contributed by atoms with Gasteiger partial charge in [-0.1, -0.05) is 6.07 Å². The Hall–Kier alpha value is -3.37. The van der Waals surface area contributed by atoms with Crippen molar-refractivity contribution < 1.29 is 27.5 Å². The fraction of sp³-hybridized carbons (Fsp3) is 0.368. The van der Waals surface area contributed by atoms with Gasteiger partial charge in [-0.25, -0.2) is 19.7 Å². The number of anilines is 3. The van der Waals surface area contributed by atoms with Crippen LogP contribution in [-0.2, 0) is 15.7 Å². The van der Waals surface area contributed by atoms with Crippen molar-refractivity contribution in [3.8, 4) is 0 Å². The predicted octanol–water partition coefficient (Wildman–Crippen LogP) is 2.86. The third-order valence-corrected chi connectivity index (χ3v) is 4.52. The maximum atomic E-state index is 13.2. The third kappa shape index (κ3) is 4.14. The van der Waals surface area contributed by atoms with Gasteiger partial charge < -0.3 is 9.64 Å². The molecule has 0 spiro atoms. The third-order valence-electron chi connectivity index (χ3n) is 4.52. The summed E-state index contributed by atoms with van der Waals surface area (Å²) in [6.45, 7) is 1.06. The molecule has 3 heterocycles. The van der Waals surface area contributed by atoms with E-state index < -0.39 is 29.8 Å². The highest BCUT2D eigenvalue weighted by atomic mass is 19.4. The van der Waals surface area contributed by atoms with E-state index in [2.05, 4.69) is 9.97 Å². The lowest BCUT2D eigenvalue weighted by Gasteiger charge is -2.25. The molecule has 2 aromatic rings. The number of rotatable bonds is 4. The van der Waals surface area contributed by atoms with Gasteiger partial charge in [0.15, 0.2) is 6.04 Å². The van der Waals surface area contributed by atoms with Crippen molar-refractivity contribution in [1.29, 1.82) is 0 Å². The Balaban J connectivity index is 1.94. The largest absolute Gasteiger partial charge is 0.446 e. The zero-order chi connectivity index (χ0) is 22.2. The Morgan fingerprint density at radius 2 is 1.83 bits per heavy atom. The van der Waals surface area contributed by atoms with Crippen molar-refractivity contribution in [2.75, 3.05) is 42.4 Å². The van der Waals surface area contributed by atoms with Crippen LogP contribution in [0.5, 0.6) is 0 Å². The number of ether oxygens (including phenoxy) is 1. The Labute approximate surface area is 170 Å². The molecule has 1 aliphatic heterocycles. The Morgan fingerprint density at radius 1 is 1.17 bits per heavy atom. The van der Waals surface area contributed by atoms with E-state index >= 15 is 0 Å². The quantitative estimate of drug-likeness (QED) is 0.753. The maximum Gasteiger partial charge on any atom is 0.416 e. The highest BCUT2D eigenvalue weighted by Crippen LogP contribution is 2.33. The molecule has 2 amide bonds. The van der Waals surface area contributed by atoms with E-state index in [4.69, 9.17) is 4.74 Å². The molecule has 0 radical (unpaired) electrons. The average Bonchev–Trinajstić information content (AvgIpc) is 3.07. The van der Waals surface area contributed by atoms with Crippen molar-refractivity contribution >= 4 is 29.5 Å². The summed E-state index contributed by atoms with van der Waals surface area (Å²) in [6.07, 6.45) is -5.57. The van der Waals surface area contributed by atoms with Gasteiger partial charge in [-0.3, -0.25) is 9.69 Å². The lowest BCUT2D eigenvalue weighted by atomic mass is 10.2. The highest BCUT2D eigenvalue weighted by molar-refractivity contribution is 6.05. The minimum Gasteiger partial charge on any atom is -0.446 e. The van der Waals surface area contributed by atoms with Gasteiger partial charge in [0.2, 0.25) is 0 Å². The van der Waals surface area contributed by atoms with Crippen molar-refractivity contribution in [2.45, 2.75) is 19.1 Å². The van der Waals surface area contributed by atoms with Crippen LogP contribution >= 0.6 is 0 Å². The summed E-state index contributed by atoms with van der Waals surface area (Å²) >= 11 is 0. The molecule has 1 atom stereocenters. The van der Waals surface area contributed by atoms with Crippen LogP contribution in [0.1, 0.15) is 11.3 Å². The van der Waals surface area contributed by atoms with E-state index in [0.717, 1.165) is 17.0 Å². The van der Waals surface area contributed by atoms with E-state index in [1.54, 1.807) is 37.2 Å². The second-order valence-electron chi connectivity index (χ2n) is 6.96. The first kappa shape index (κ1) is 21.3. The first-order valence-corrected chi connectivity index (χ1v) is 8.93. The van der Waals surface area contributed by atoms with Crippen LogP contribution in [0.15, 0.2) is 30.3 Å². The molecule has 30 heavy (non-hydrogen) atoms. The lowest BCUT2D eigenvalue weighted by Crippen LogP contribution is -2.47. The standard InChI is InChI=1S/C19H20F3N5O3/c1-11-8-12(19(20,21)22)9-16(23-11)27-13(10-30-18(27)29)17(28)26(4)15-7-5-6-14(24-15)25(2)3/h5-9,13H,10H2,1-4H3/t13-/m0/s1. The second-order valence-corrected chi connectivity index (χ2v) is 6.96. The van der Waals surface area contributed by atoms with Crippen molar-refractivity contribution in [2.24, 2.45) is 0 Å². The number of hydrogen-bond acceptors (Lipinski definition) is 6. The summed E-state index contributed by atoms with van der Waals surface area (Å²) in [4.78, 5) is 37.5. The van der Waals surface area contributed by atoms with Crippen LogP contribution < -0.4 is 14.7 Å². The molecule has 11 heteroatoms. The molecule has 0 aromatic carbocycles. The number of likely N-dealkylation sites (N-methyl/N-ethyl adjacent to an activating group) is 1. The topological polar surface area (TPSA) is 78.9 Å². The van der Waals surface area contributed by atoms with Crippen LogP contribution in [0.2, 0.25) is 0 Å². The number of halogens is 3. The Morgan fingerprint density at radius 3 is 2.47 bits per heavy atom. The maximum absolute atomic E-state index is 13.2. The summed E-state index contributed by atoms with van der Waals surface area (Å²) in [5.74, 6) is 0.0595. The smallest absolute Gasteiger partial charge is 0.416 e. The molecular weight excluding hydrogens is 403 g/mol. The van der Waals surface area contributed by atoms with Gasteiger partial charge in [0.1, 0.15) is 24.1 Å². The average molecular weight is 423 g/mol. The number of hydrogen-bond donors (Lipinski definition) is 0. The lowest BCUT2D eigenvalue weighted by molar-refractivity contribution is -0.137. The predicted molar refractivity (Wildman–Crippen MR) is 104 cm³/mol. The minimum atomic E-state index is -4.63. The van der Waals surface area contributed by atoms with E-state index in [1.807, 2.05) is 0 Å². The van der Waals surface area contributed by atoms with Gasteiger partial charge in [0, 0.05) is 26.8 Å². The van der Waals surface area contributed by atoms with E-state index in [1.165, 1.54) is 18.9 Å². The second kappa shape index (κ2) is 7.81. The molecule has 1 aliphatic rings. The fourth-order valence-corrected chi connectivity index (χ4v) is 2.98. The molecule has 1 fully saturated rings. The van der Waals surface area contributed by atoms with E-state index in [9.17, 15) is 22.8 Å². The number of nitrogens with zero attached hydrogens (tertiary/aromatic N) is 5. The van der Waals surface area contributed by atoms with Gasteiger partial charge >= 0.3 is 12.3 Å². The molecule has 0 N–H and O–H groups in total. The molecule has 160 valence electrons. The molecule has 0 unspecified atom stereocenters. The molecule has 0 bridgehead atoms. The Kier molecular flexibility index (Phi) is 5.55. The number of carbonyl (C=O) groups excluding carboxylic acids is 2. The fourth-order valence-electron chi connectivity index (χ4n) is 2.98. The van der Waals surface area contributed by atoms with Crippen LogP contribution in [0.4, 0.5) is 35.4 Å². The number of aryl methyl sites for hydroxylation is 1. The van der Waals surface area contributed by atoms with Gasteiger partial charge in [-0.2, -0.15) is 13.2 Å². The SMILES string of the molecule is Cc1cc(C(F)(F)F)cc(N2C(=O)OC[C@H]2C(=O)N(C)c2cccc(N(C)C)n2)n1. The Bertz CT molecular complexity index is 980. The van der Waals surface area contributed by atoms with Crippen molar-refractivity contribution in [1.82, 2.24) is 9.97 Å². The zero-order valence-corrected chi connectivity index (χ0v) is 16.8. The number of aromatic nitrogens is 2. The summed E-state index contributed by atoms with van der Waals surface area (Å²) < 4.78 is 44.5. The summed E-state index contributed by atoms with van der Waals surface area (Å²) in [5.41, 5.74) is -0.913. The van der Waals surface area contributed by atoms with Gasteiger partial charge in [-0.15, -0.1) is 0 Å². The normalized spacial score (nSPS) is 16.4. The molecule has 0 aliphatic carbocycles. The number of pyridine rings is 2. The van der Waals surface area contributed by atoms with E-state index in [-0.39, 0.29) is 18.1 Å². The highest BCUT2D eigenvalue weighted by Gasteiger charge is 2.43. The number of alkyl halides is 3. The molecular formula is C19H20F3N5O3. The number of amides is 2. The van der Waals surface area contributed by atoms with Crippen LogP contribution in [0, 0.1) is 6.92 Å².